The number of aromatic nitrogens is 1. The molecule has 7 nitrogen and oxygen atoms in total. The van der Waals surface area contributed by atoms with Crippen LogP contribution in [0.2, 0.25) is 5.02 Å². The van der Waals surface area contributed by atoms with Crippen LogP contribution in [0.25, 0.3) is 6.08 Å². The van der Waals surface area contributed by atoms with Gasteiger partial charge >= 0.3 is 5.97 Å². The van der Waals surface area contributed by atoms with Crippen LogP contribution in [-0.4, -0.2) is 24.3 Å². The van der Waals surface area contributed by atoms with E-state index in [1.54, 1.807) is 37.3 Å². The lowest BCUT2D eigenvalue weighted by molar-refractivity contribution is -0.136. The van der Waals surface area contributed by atoms with E-state index in [0.717, 1.165) is 16.7 Å². The molecule has 210 valence electrons. The molecular weight excluding hydrogens is 628 g/mol. The van der Waals surface area contributed by atoms with Crippen molar-refractivity contribution in [1.82, 2.24) is 4.57 Å². The molecule has 0 fully saturated rings. The minimum Gasteiger partial charge on any atom is -0.490 e. The molecule has 0 saturated carbocycles. The van der Waals surface area contributed by atoms with Crippen molar-refractivity contribution in [1.29, 1.82) is 0 Å². The molecule has 5 rings (SSSR count). The van der Waals surface area contributed by atoms with E-state index < -0.39 is 12.0 Å². The highest BCUT2D eigenvalue weighted by Crippen LogP contribution is 2.38. The van der Waals surface area contributed by atoms with Gasteiger partial charge in [-0.2, -0.15) is 0 Å². The first-order valence-electron chi connectivity index (χ1n) is 12.8. The Morgan fingerprint density at radius 3 is 2.54 bits per heavy atom. The number of halogens is 2. The molecule has 0 unspecified atom stereocenters. The van der Waals surface area contributed by atoms with Gasteiger partial charge in [0.15, 0.2) is 16.3 Å². The Hall–Kier alpha value is -3.66. The van der Waals surface area contributed by atoms with E-state index in [2.05, 4.69) is 20.9 Å². The van der Waals surface area contributed by atoms with Crippen LogP contribution in [0, 0.1) is 0 Å². The summed E-state index contributed by atoms with van der Waals surface area (Å²) in [6.07, 6.45) is 1.79. The zero-order valence-electron chi connectivity index (χ0n) is 22.5. The predicted molar refractivity (Wildman–Crippen MR) is 163 cm³/mol. The predicted octanol–water partition coefficient (Wildman–Crippen LogP) is 5.80. The Bertz CT molecular complexity index is 1810. The summed E-state index contributed by atoms with van der Waals surface area (Å²) in [5.74, 6) is 0.590. The van der Waals surface area contributed by atoms with E-state index >= 15 is 0 Å². The van der Waals surface area contributed by atoms with Crippen LogP contribution in [0.3, 0.4) is 0 Å². The molecule has 0 amide bonds. The van der Waals surface area contributed by atoms with Gasteiger partial charge in [0.05, 0.1) is 40.0 Å². The Morgan fingerprint density at radius 2 is 1.85 bits per heavy atom. The minimum absolute atomic E-state index is 0.277. The number of methoxy groups -OCH3 is 1. The molecule has 0 spiro atoms. The number of thiazole rings is 1. The van der Waals surface area contributed by atoms with E-state index in [1.807, 2.05) is 49.4 Å². The molecule has 0 aliphatic carbocycles. The zero-order valence-corrected chi connectivity index (χ0v) is 25.7. The molecule has 3 aromatic carbocycles. The SMILES string of the molecule is CCOc1cc(/C=c2\sc3n(c2=O)[C@H](c2ccc(Cl)cc2)C(C(=O)OC)=C(C)N=3)cc(Br)c1OCc1ccccc1. The van der Waals surface area contributed by atoms with Crippen molar-refractivity contribution in [3.05, 3.63) is 124 Å². The first kappa shape index (κ1) is 28.9. The third-order valence-corrected chi connectivity index (χ3v) is 8.29. The highest BCUT2D eigenvalue weighted by atomic mass is 79.9. The van der Waals surface area contributed by atoms with Crippen molar-refractivity contribution in [2.45, 2.75) is 26.5 Å². The first-order chi connectivity index (χ1) is 19.8. The van der Waals surface area contributed by atoms with Crippen LogP contribution in [0.5, 0.6) is 11.5 Å². The number of hydrogen-bond donors (Lipinski definition) is 0. The lowest BCUT2D eigenvalue weighted by atomic mass is 9.96. The number of carbonyl (C=O) groups excluding carboxylic acids is 1. The summed E-state index contributed by atoms with van der Waals surface area (Å²) in [4.78, 5) is 31.8. The summed E-state index contributed by atoms with van der Waals surface area (Å²) in [5, 5.41) is 0.549. The second kappa shape index (κ2) is 12.5. The summed E-state index contributed by atoms with van der Waals surface area (Å²) < 4.78 is 19.8. The van der Waals surface area contributed by atoms with E-state index in [0.29, 0.717) is 54.8 Å². The second-order valence-corrected chi connectivity index (χ2v) is 11.5. The molecule has 1 aliphatic heterocycles. The van der Waals surface area contributed by atoms with Crippen LogP contribution in [0.15, 0.2) is 92.3 Å². The second-order valence-electron chi connectivity index (χ2n) is 9.16. The fourth-order valence-electron chi connectivity index (χ4n) is 4.61. The Balaban J connectivity index is 1.59. The van der Waals surface area contributed by atoms with Gasteiger partial charge in [-0.15, -0.1) is 0 Å². The molecule has 10 heteroatoms. The van der Waals surface area contributed by atoms with E-state index in [1.165, 1.54) is 23.0 Å². The molecule has 1 aliphatic rings. The smallest absolute Gasteiger partial charge is 0.338 e. The Labute approximate surface area is 254 Å². The maximum atomic E-state index is 13.9. The number of fused-ring (bicyclic) bond motifs is 1. The van der Waals surface area contributed by atoms with Crippen molar-refractivity contribution in [2.75, 3.05) is 13.7 Å². The number of esters is 1. The van der Waals surface area contributed by atoms with Gasteiger partial charge in [0.1, 0.15) is 6.61 Å². The number of nitrogens with zero attached hydrogens (tertiary/aromatic N) is 2. The Morgan fingerprint density at radius 1 is 1.12 bits per heavy atom. The Kier molecular flexibility index (Phi) is 8.77. The fraction of sp³-hybridized carbons (Fsp3) is 0.194. The summed E-state index contributed by atoms with van der Waals surface area (Å²) in [7, 11) is 1.31. The number of hydrogen-bond acceptors (Lipinski definition) is 7. The van der Waals surface area contributed by atoms with Crippen molar-refractivity contribution >= 4 is 50.9 Å². The van der Waals surface area contributed by atoms with Gasteiger partial charge in [-0.05, 0) is 76.8 Å². The standard InChI is InChI=1S/C31H26BrClN2O5S/c1-4-39-24-15-20(14-23(32)28(24)40-17-19-8-6-5-7-9-19)16-25-29(36)35-27(21-10-12-22(33)13-11-21)26(30(37)38-3)18(2)34-31(35)41-25/h5-16,27H,4,17H2,1-3H3/b25-16-/t27-/m1/s1. The molecule has 2 heterocycles. The van der Waals surface area contributed by atoms with Gasteiger partial charge in [0.25, 0.3) is 5.56 Å². The number of rotatable bonds is 8. The van der Waals surface area contributed by atoms with Gasteiger partial charge in [-0.1, -0.05) is 65.4 Å². The maximum absolute atomic E-state index is 13.9. The van der Waals surface area contributed by atoms with Crippen LogP contribution >= 0.6 is 38.9 Å². The minimum atomic E-state index is -0.711. The van der Waals surface area contributed by atoms with Crippen LogP contribution in [-0.2, 0) is 16.1 Å². The van der Waals surface area contributed by atoms with Gasteiger partial charge < -0.3 is 14.2 Å². The monoisotopic (exact) mass is 652 g/mol. The lowest BCUT2D eigenvalue weighted by Crippen LogP contribution is -2.39. The average molecular weight is 654 g/mol. The molecule has 1 atom stereocenters. The van der Waals surface area contributed by atoms with Gasteiger partial charge in [-0.25, -0.2) is 9.79 Å². The summed E-state index contributed by atoms with van der Waals surface area (Å²) in [5.41, 5.74) is 3.01. The molecule has 0 radical (unpaired) electrons. The molecule has 0 bridgehead atoms. The van der Waals surface area contributed by atoms with E-state index in [4.69, 9.17) is 25.8 Å². The van der Waals surface area contributed by atoms with Gasteiger partial charge in [0, 0.05) is 5.02 Å². The molecule has 4 aromatic rings. The average Bonchev–Trinajstić information content (AvgIpc) is 3.26. The van der Waals surface area contributed by atoms with Crippen molar-refractivity contribution in [3.8, 4) is 11.5 Å². The number of ether oxygens (including phenoxy) is 3. The first-order valence-corrected chi connectivity index (χ1v) is 14.8. The summed E-state index contributed by atoms with van der Waals surface area (Å²) >= 11 is 11.0. The highest BCUT2D eigenvalue weighted by molar-refractivity contribution is 9.10. The van der Waals surface area contributed by atoms with Crippen LogP contribution in [0.1, 0.15) is 36.6 Å². The maximum Gasteiger partial charge on any atom is 0.338 e. The molecule has 41 heavy (non-hydrogen) atoms. The third kappa shape index (κ3) is 6.02. The number of benzene rings is 3. The van der Waals surface area contributed by atoms with Crippen LogP contribution in [0.4, 0.5) is 0 Å². The van der Waals surface area contributed by atoms with Crippen molar-refractivity contribution in [2.24, 2.45) is 4.99 Å². The van der Waals surface area contributed by atoms with Crippen molar-refractivity contribution in [3.63, 3.8) is 0 Å². The van der Waals surface area contributed by atoms with Crippen LogP contribution < -0.4 is 24.4 Å². The highest BCUT2D eigenvalue weighted by Gasteiger charge is 2.33. The molecular formula is C31H26BrClN2O5S. The number of carbonyl (C=O) groups is 1. The van der Waals surface area contributed by atoms with Gasteiger partial charge in [-0.3, -0.25) is 9.36 Å². The van der Waals surface area contributed by atoms with Gasteiger partial charge in [0.2, 0.25) is 0 Å². The lowest BCUT2D eigenvalue weighted by Gasteiger charge is -2.24. The van der Waals surface area contributed by atoms with E-state index in [-0.39, 0.29) is 5.56 Å². The quantitative estimate of drug-likeness (QED) is 0.225. The normalized spacial score (nSPS) is 14.9. The topological polar surface area (TPSA) is 79.1 Å². The molecule has 0 N–H and O–H groups in total. The van der Waals surface area contributed by atoms with Crippen molar-refractivity contribution < 1.29 is 19.0 Å². The molecule has 1 aromatic heterocycles. The zero-order chi connectivity index (χ0) is 29.1. The summed E-state index contributed by atoms with van der Waals surface area (Å²) in [6.45, 7) is 4.46. The third-order valence-electron chi connectivity index (χ3n) is 6.47. The number of allylic oxidation sites excluding steroid dienone is 1. The fourth-order valence-corrected chi connectivity index (χ4v) is 6.36. The molecule has 0 saturated heterocycles. The largest absolute Gasteiger partial charge is 0.490 e. The van der Waals surface area contributed by atoms with E-state index in [9.17, 15) is 9.59 Å². The summed E-state index contributed by atoms with van der Waals surface area (Å²) in [6, 6.07) is 19.9.